The molecule has 1 atom stereocenters. The van der Waals surface area contributed by atoms with E-state index in [0.717, 1.165) is 35.5 Å². The molecule has 1 unspecified atom stereocenters. The molecular weight excluding hydrogens is 242 g/mol. The van der Waals surface area contributed by atoms with Crippen LogP contribution in [-0.2, 0) is 0 Å². The second kappa shape index (κ2) is 7.36. The van der Waals surface area contributed by atoms with Gasteiger partial charge in [0.1, 0.15) is 11.5 Å². The third-order valence-corrected chi connectivity index (χ3v) is 3.43. The van der Waals surface area contributed by atoms with E-state index in [-0.39, 0.29) is 12.6 Å². The zero-order chi connectivity index (χ0) is 14.4. The van der Waals surface area contributed by atoms with Crippen LogP contribution in [0, 0.1) is 6.92 Å². The molecule has 1 aromatic rings. The molecule has 1 N–H and O–H groups in total. The first-order valence-corrected chi connectivity index (χ1v) is 6.55. The number of hydrogen-bond acceptors (Lipinski definition) is 4. The van der Waals surface area contributed by atoms with Crippen LogP contribution in [0.2, 0.25) is 0 Å². The van der Waals surface area contributed by atoms with Crippen molar-refractivity contribution in [2.24, 2.45) is 0 Å². The molecule has 4 nitrogen and oxygen atoms in total. The molecule has 19 heavy (non-hydrogen) atoms. The van der Waals surface area contributed by atoms with Crippen molar-refractivity contribution in [3.8, 4) is 11.5 Å². The first kappa shape index (κ1) is 15.8. The minimum atomic E-state index is 0.210. The first-order valence-electron chi connectivity index (χ1n) is 6.55. The summed E-state index contributed by atoms with van der Waals surface area (Å²) in [7, 11) is 7.43. The maximum atomic E-state index is 9.04. The maximum absolute atomic E-state index is 9.04. The van der Waals surface area contributed by atoms with Gasteiger partial charge in [0.2, 0.25) is 0 Å². The Morgan fingerprint density at radius 3 is 2.37 bits per heavy atom. The number of aliphatic hydroxyl groups excluding tert-OH is 1. The van der Waals surface area contributed by atoms with Crippen molar-refractivity contribution < 1.29 is 14.6 Å². The average Bonchev–Trinajstić information content (AvgIpc) is 2.39. The third-order valence-electron chi connectivity index (χ3n) is 3.43. The van der Waals surface area contributed by atoms with E-state index in [0.29, 0.717) is 0 Å². The van der Waals surface area contributed by atoms with E-state index in [1.165, 1.54) is 0 Å². The van der Waals surface area contributed by atoms with Crippen molar-refractivity contribution in [3.63, 3.8) is 0 Å². The molecule has 108 valence electrons. The molecule has 0 heterocycles. The molecule has 0 aliphatic rings. The molecule has 0 aromatic heterocycles. The number of nitrogens with zero attached hydrogens (tertiary/aromatic N) is 1. The quantitative estimate of drug-likeness (QED) is 0.823. The van der Waals surface area contributed by atoms with Gasteiger partial charge in [-0.1, -0.05) is 6.07 Å². The lowest BCUT2D eigenvalue weighted by molar-refractivity contribution is 0.231. The summed E-state index contributed by atoms with van der Waals surface area (Å²) in [5.74, 6) is 1.70. The normalized spacial score (nSPS) is 12.6. The molecule has 4 heteroatoms. The number of benzene rings is 1. The SMILES string of the molecule is COc1ccc(C(CCCO)N(C)C)c(OC)c1C. The molecule has 0 fully saturated rings. The lowest BCUT2D eigenvalue weighted by atomic mass is 9.97. The van der Waals surface area contributed by atoms with E-state index in [1.54, 1.807) is 14.2 Å². The second-order valence-corrected chi connectivity index (χ2v) is 4.86. The lowest BCUT2D eigenvalue weighted by Gasteiger charge is -2.27. The number of ether oxygens (including phenoxy) is 2. The monoisotopic (exact) mass is 267 g/mol. The predicted molar refractivity (Wildman–Crippen MR) is 77.0 cm³/mol. The van der Waals surface area contributed by atoms with Gasteiger partial charge in [-0.2, -0.15) is 0 Å². The summed E-state index contributed by atoms with van der Waals surface area (Å²) in [6.45, 7) is 2.21. The minimum absolute atomic E-state index is 0.210. The summed E-state index contributed by atoms with van der Waals surface area (Å²) in [5.41, 5.74) is 2.15. The highest BCUT2D eigenvalue weighted by atomic mass is 16.5. The van der Waals surface area contributed by atoms with Gasteiger partial charge in [-0.3, -0.25) is 0 Å². The molecule has 0 amide bonds. The Morgan fingerprint density at radius 1 is 1.21 bits per heavy atom. The smallest absolute Gasteiger partial charge is 0.130 e. The van der Waals surface area contributed by atoms with Crippen molar-refractivity contribution in [2.75, 3.05) is 34.9 Å². The van der Waals surface area contributed by atoms with Crippen LogP contribution in [0.3, 0.4) is 0 Å². The molecule has 0 spiro atoms. The van der Waals surface area contributed by atoms with Crippen molar-refractivity contribution in [3.05, 3.63) is 23.3 Å². The van der Waals surface area contributed by atoms with Crippen LogP contribution in [0.5, 0.6) is 11.5 Å². The summed E-state index contributed by atoms with van der Waals surface area (Å²) in [6.07, 6.45) is 1.67. The molecule has 1 rings (SSSR count). The summed E-state index contributed by atoms with van der Waals surface area (Å²) < 4.78 is 10.9. The molecular formula is C15H25NO3. The molecule has 1 aromatic carbocycles. The highest BCUT2D eigenvalue weighted by Crippen LogP contribution is 2.37. The van der Waals surface area contributed by atoms with Crippen LogP contribution >= 0.6 is 0 Å². The van der Waals surface area contributed by atoms with Crippen molar-refractivity contribution in [1.82, 2.24) is 4.90 Å². The summed E-state index contributed by atoms with van der Waals surface area (Å²) in [5, 5.41) is 9.04. The van der Waals surface area contributed by atoms with Crippen molar-refractivity contribution in [2.45, 2.75) is 25.8 Å². The highest BCUT2D eigenvalue weighted by molar-refractivity contribution is 5.50. The molecule has 0 aliphatic heterocycles. The van der Waals surface area contributed by atoms with Crippen molar-refractivity contribution in [1.29, 1.82) is 0 Å². The largest absolute Gasteiger partial charge is 0.496 e. The predicted octanol–water partition coefficient (Wildman–Crippen LogP) is 2.39. The Hall–Kier alpha value is -1.26. The molecule has 0 bridgehead atoms. The van der Waals surface area contributed by atoms with Crippen molar-refractivity contribution >= 4 is 0 Å². The highest BCUT2D eigenvalue weighted by Gasteiger charge is 2.20. The van der Waals surface area contributed by atoms with Gasteiger partial charge in [-0.15, -0.1) is 0 Å². The van der Waals surface area contributed by atoms with Crippen LogP contribution in [0.4, 0.5) is 0 Å². The van der Waals surface area contributed by atoms with E-state index < -0.39 is 0 Å². The first-order chi connectivity index (χ1) is 9.06. The van der Waals surface area contributed by atoms with E-state index in [2.05, 4.69) is 4.90 Å². The standard InChI is InChI=1S/C15H25NO3/c1-11-14(18-4)9-8-12(15(11)19-5)13(16(2)3)7-6-10-17/h8-9,13,17H,6-7,10H2,1-5H3. The maximum Gasteiger partial charge on any atom is 0.130 e. The fraction of sp³-hybridized carbons (Fsp3) is 0.600. The van der Waals surface area contributed by atoms with Crippen LogP contribution in [0.1, 0.15) is 30.0 Å². The molecule has 0 aliphatic carbocycles. The van der Waals surface area contributed by atoms with Gasteiger partial charge >= 0.3 is 0 Å². The summed E-state index contributed by atoms with van der Waals surface area (Å²) >= 11 is 0. The number of methoxy groups -OCH3 is 2. The summed E-state index contributed by atoms with van der Waals surface area (Å²) in [6, 6.07) is 4.25. The molecule has 0 saturated carbocycles. The van der Waals surface area contributed by atoms with Gasteiger partial charge < -0.3 is 19.5 Å². The fourth-order valence-electron chi connectivity index (χ4n) is 2.43. The van der Waals surface area contributed by atoms with Crippen LogP contribution in [0.25, 0.3) is 0 Å². The van der Waals surface area contributed by atoms with Gasteiger partial charge in [0.05, 0.1) is 14.2 Å². The average molecular weight is 267 g/mol. The van der Waals surface area contributed by atoms with Crippen LogP contribution in [-0.4, -0.2) is 44.9 Å². The topological polar surface area (TPSA) is 41.9 Å². The zero-order valence-corrected chi connectivity index (χ0v) is 12.6. The van der Waals surface area contributed by atoms with E-state index >= 15 is 0 Å². The Kier molecular flexibility index (Phi) is 6.12. The Bertz CT molecular complexity index is 405. The van der Waals surface area contributed by atoms with Crippen LogP contribution in [0.15, 0.2) is 12.1 Å². The van der Waals surface area contributed by atoms with Gasteiger partial charge in [0, 0.05) is 23.8 Å². The van der Waals surface area contributed by atoms with Gasteiger partial charge in [0.25, 0.3) is 0 Å². The Balaban J connectivity index is 3.18. The Labute approximate surface area is 115 Å². The lowest BCUT2D eigenvalue weighted by Crippen LogP contribution is -2.21. The zero-order valence-electron chi connectivity index (χ0n) is 12.6. The number of rotatable bonds is 7. The fourth-order valence-corrected chi connectivity index (χ4v) is 2.43. The number of aliphatic hydroxyl groups is 1. The second-order valence-electron chi connectivity index (χ2n) is 4.86. The van der Waals surface area contributed by atoms with Gasteiger partial charge in [-0.25, -0.2) is 0 Å². The summed E-state index contributed by atoms with van der Waals surface area (Å²) in [4.78, 5) is 2.15. The number of hydrogen-bond donors (Lipinski definition) is 1. The van der Waals surface area contributed by atoms with E-state index in [1.807, 2.05) is 33.2 Å². The Morgan fingerprint density at radius 2 is 1.89 bits per heavy atom. The third kappa shape index (κ3) is 3.61. The van der Waals surface area contributed by atoms with Gasteiger partial charge in [0.15, 0.2) is 0 Å². The van der Waals surface area contributed by atoms with Gasteiger partial charge in [-0.05, 0) is 39.9 Å². The van der Waals surface area contributed by atoms with Crippen LogP contribution < -0.4 is 9.47 Å². The molecule has 0 saturated heterocycles. The molecule has 0 radical (unpaired) electrons. The van der Waals surface area contributed by atoms with E-state index in [9.17, 15) is 0 Å². The van der Waals surface area contributed by atoms with E-state index in [4.69, 9.17) is 14.6 Å². The minimum Gasteiger partial charge on any atom is -0.496 e.